The summed E-state index contributed by atoms with van der Waals surface area (Å²) in [6, 6.07) is 32.5. The Labute approximate surface area is 207 Å². The Kier molecular flexibility index (Phi) is 7.32. The first kappa shape index (κ1) is 24.2. The Bertz CT molecular complexity index is 1390. The van der Waals surface area contributed by atoms with Crippen LogP contribution in [-0.2, 0) is 14.8 Å². The summed E-state index contributed by atoms with van der Waals surface area (Å²) in [5.74, 6) is -0.401. The number of amides is 1. The van der Waals surface area contributed by atoms with Crippen LogP contribution in [0.3, 0.4) is 0 Å². The lowest BCUT2D eigenvalue weighted by Crippen LogP contribution is -2.42. The second kappa shape index (κ2) is 10.6. The summed E-state index contributed by atoms with van der Waals surface area (Å²) in [7, 11) is -3.97. The van der Waals surface area contributed by atoms with Gasteiger partial charge in [0.25, 0.3) is 10.0 Å². The fraction of sp³-hybridized carbons (Fsp3) is 0.138. The lowest BCUT2D eigenvalue weighted by molar-refractivity contribution is -0.120. The molecule has 0 fully saturated rings. The molecule has 178 valence electrons. The summed E-state index contributed by atoms with van der Waals surface area (Å²) in [6.07, 6.45) is 0. The van der Waals surface area contributed by atoms with E-state index >= 15 is 0 Å². The summed E-state index contributed by atoms with van der Waals surface area (Å²) in [5, 5.41) is 3.08. The Hall–Kier alpha value is -3.90. The number of carbonyl (C=O) groups excluding carboxylic acids is 1. The van der Waals surface area contributed by atoms with Gasteiger partial charge in [-0.15, -0.1) is 0 Å². The van der Waals surface area contributed by atoms with Crippen molar-refractivity contribution in [3.8, 4) is 0 Å². The maximum Gasteiger partial charge on any atom is 0.264 e. The Morgan fingerprint density at radius 1 is 0.771 bits per heavy atom. The molecule has 0 saturated heterocycles. The van der Waals surface area contributed by atoms with Crippen molar-refractivity contribution >= 4 is 21.6 Å². The van der Waals surface area contributed by atoms with Gasteiger partial charge >= 0.3 is 0 Å². The number of carbonyl (C=O) groups is 1. The minimum atomic E-state index is -3.97. The minimum Gasteiger partial charge on any atom is -0.344 e. The molecule has 0 aliphatic carbocycles. The van der Waals surface area contributed by atoms with E-state index in [9.17, 15) is 13.2 Å². The summed E-state index contributed by atoms with van der Waals surface area (Å²) >= 11 is 0. The second-order valence-electron chi connectivity index (χ2n) is 8.43. The smallest absolute Gasteiger partial charge is 0.264 e. The van der Waals surface area contributed by atoms with E-state index in [1.54, 1.807) is 48.5 Å². The van der Waals surface area contributed by atoms with Crippen LogP contribution in [-0.4, -0.2) is 20.9 Å². The van der Waals surface area contributed by atoms with E-state index in [1.165, 1.54) is 0 Å². The van der Waals surface area contributed by atoms with Gasteiger partial charge in [0.2, 0.25) is 5.91 Å². The number of anilines is 1. The number of sulfonamides is 1. The molecule has 0 spiro atoms. The highest BCUT2D eigenvalue weighted by Gasteiger charge is 2.28. The predicted octanol–water partition coefficient (Wildman–Crippen LogP) is 5.40. The average Bonchev–Trinajstić information content (AvgIpc) is 2.87. The van der Waals surface area contributed by atoms with Crippen molar-refractivity contribution in [3.63, 3.8) is 0 Å². The third-order valence-corrected chi connectivity index (χ3v) is 7.67. The van der Waals surface area contributed by atoms with Crippen molar-refractivity contribution < 1.29 is 13.2 Å². The molecule has 0 saturated carbocycles. The zero-order valence-electron chi connectivity index (χ0n) is 19.8. The standard InChI is InChI=1S/C29H28N2O3S/c1-22-17-19-26(20-18-22)35(33,34)31(25-14-7-4-8-15-25)21-28(32)30-29(24-12-5-3-6-13-24)27-16-10-9-11-23(27)2/h3-20,29H,21H2,1-2H3,(H,30,32)/t29-/m0/s1. The van der Waals surface area contributed by atoms with Crippen molar-refractivity contribution in [1.29, 1.82) is 0 Å². The molecule has 6 heteroatoms. The number of hydrogen-bond acceptors (Lipinski definition) is 3. The lowest BCUT2D eigenvalue weighted by atomic mass is 9.95. The fourth-order valence-electron chi connectivity index (χ4n) is 3.98. The summed E-state index contributed by atoms with van der Waals surface area (Å²) in [4.78, 5) is 13.5. The Morgan fingerprint density at radius 2 is 1.34 bits per heavy atom. The van der Waals surface area contributed by atoms with Crippen LogP contribution in [0.25, 0.3) is 0 Å². The molecular weight excluding hydrogens is 456 g/mol. The lowest BCUT2D eigenvalue weighted by Gasteiger charge is -2.26. The molecule has 1 N–H and O–H groups in total. The third kappa shape index (κ3) is 5.61. The van der Waals surface area contributed by atoms with E-state index in [2.05, 4.69) is 5.32 Å². The van der Waals surface area contributed by atoms with Crippen molar-refractivity contribution in [2.75, 3.05) is 10.8 Å². The molecule has 5 nitrogen and oxygen atoms in total. The zero-order valence-corrected chi connectivity index (χ0v) is 20.6. The minimum absolute atomic E-state index is 0.137. The number of nitrogens with zero attached hydrogens (tertiary/aromatic N) is 1. The van der Waals surface area contributed by atoms with Crippen LogP contribution >= 0.6 is 0 Å². The SMILES string of the molecule is Cc1ccc(S(=O)(=O)N(CC(=O)N[C@@H](c2ccccc2)c2ccccc2C)c2ccccc2)cc1. The van der Waals surface area contributed by atoms with Crippen LogP contribution in [0.4, 0.5) is 5.69 Å². The van der Waals surface area contributed by atoms with Crippen molar-refractivity contribution in [3.05, 3.63) is 131 Å². The zero-order chi connectivity index (χ0) is 24.8. The molecule has 0 unspecified atom stereocenters. The van der Waals surface area contributed by atoms with Crippen LogP contribution in [0.2, 0.25) is 0 Å². The molecule has 4 aromatic rings. The molecule has 1 atom stereocenters. The van der Waals surface area contributed by atoms with Crippen LogP contribution in [0.15, 0.2) is 114 Å². The molecule has 35 heavy (non-hydrogen) atoms. The van der Waals surface area contributed by atoms with E-state index < -0.39 is 22.0 Å². The van der Waals surface area contributed by atoms with E-state index in [-0.39, 0.29) is 11.4 Å². The van der Waals surface area contributed by atoms with E-state index in [0.717, 1.165) is 26.6 Å². The van der Waals surface area contributed by atoms with Gasteiger partial charge in [-0.05, 0) is 54.8 Å². The number of hydrogen-bond donors (Lipinski definition) is 1. The van der Waals surface area contributed by atoms with Gasteiger partial charge in [0.1, 0.15) is 6.54 Å². The van der Waals surface area contributed by atoms with Crippen molar-refractivity contribution in [1.82, 2.24) is 5.32 Å². The number of benzene rings is 4. The average molecular weight is 485 g/mol. The number of rotatable bonds is 8. The summed E-state index contributed by atoms with van der Waals surface area (Å²) < 4.78 is 28.4. The highest BCUT2D eigenvalue weighted by molar-refractivity contribution is 7.92. The molecule has 0 bridgehead atoms. The second-order valence-corrected chi connectivity index (χ2v) is 10.3. The molecule has 0 aromatic heterocycles. The molecule has 0 aliphatic rings. The first-order chi connectivity index (χ1) is 16.9. The van der Waals surface area contributed by atoms with E-state index in [4.69, 9.17) is 0 Å². The van der Waals surface area contributed by atoms with Gasteiger partial charge < -0.3 is 5.32 Å². The highest BCUT2D eigenvalue weighted by atomic mass is 32.2. The molecule has 4 rings (SSSR count). The number of para-hydroxylation sites is 1. The topological polar surface area (TPSA) is 66.5 Å². The van der Waals surface area contributed by atoms with E-state index in [1.807, 2.05) is 74.5 Å². The van der Waals surface area contributed by atoms with Gasteiger partial charge in [-0.25, -0.2) is 8.42 Å². The van der Waals surface area contributed by atoms with E-state index in [0.29, 0.717) is 5.69 Å². The number of aryl methyl sites for hydroxylation is 2. The van der Waals surface area contributed by atoms with Crippen LogP contribution in [0.5, 0.6) is 0 Å². The maximum absolute atomic E-state index is 13.6. The van der Waals surface area contributed by atoms with Gasteiger partial charge in [-0.1, -0.05) is 90.5 Å². The highest BCUT2D eigenvalue weighted by Crippen LogP contribution is 2.26. The van der Waals surface area contributed by atoms with Crippen LogP contribution in [0.1, 0.15) is 28.3 Å². The molecule has 0 aliphatic heterocycles. The summed E-state index contributed by atoms with van der Waals surface area (Å²) in [6.45, 7) is 3.54. The molecule has 0 heterocycles. The number of nitrogens with one attached hydrogen (secondary N) is 1. The quantitative estimate of drug-likeness (QED) is 0.364. The largest absolute Gasteiger partial charge is 0.344 e. The van der Waals surface area contributed by atoms with Gasteiger partial charge in [0.05, 0.1) is 16.6 Å². The summed E-state index contributed by atoms with van der Waals surface area (Å²) in [5.41, 5.74) is 4.30. The van der Waals surface area contributed by atoms with Gasteiger partial charge in [0, 0.05) is 0 Å². The predicted molar refractivity (Wildman–Crippen MR) is 140 cm³/mol. The van der Waals surface area contributed by atoms with Crippen molar-refractivity contribution in [2.45, 2.75) is 24.8 Å². The monoisotopic (exact) mass is 484 g/mol. The van der Waals surface area contributed by atoms with Gasteiger partial charge in [-0.3, -0.25) is 9.10 Å². The third-order valence-electron chi connectivity index (χ3n) is 5.88. The fourth-order valence-corrected chi connectivity index (χ4v) is 5.40. The molecule has 1 amide bonds. The van der Waals surface area contributed by atoms with Crippen molar-refractivity contribution in [2.24, 2.45) is 0 Å². The van der Waals surface area contributed by atoms with Crippen LogP contribution < -0.4 is 9.62 Å². The molecule has 4 aromatic carbocycles. The van der Waals surface area contributed by atoms with Gasteiger partial charge in [-0.2, -0.15) is 0 Å². The first-order valence-electron chi connectivity index (χ1n) is 11.4. The molecule has 0 radical (unpaired) electrons. The maximum atomic E-state index is 13.6. The molecular formula is C29H28N2O3S. The van der Waals surface area contributed by atoms with Crippen LogP contribution in [0, 0.1) is 13.8 Å². The Balaban J connectivity index is 1.68. The Morgan fingerprint density at radius 3 is 1.97 bits per heavy atom. The van der Waals surface area contributed by atoms with Gasteiger partial charge in [0.15, 0.2) is 0 Å². The normalized spacial score (nSPS) is 12.1. The first-order valence-corrected chi connectivity index (χ1v) is 12.8.